The zero-order chi connectivity index (χ0) is 16.7. The average Bonchev–Trinajstić information content (AvgIpc) is 3.26. The highest BCUT2D eigenvalue weighted by molar-refractivity contribution is 9.10. The summed E-state index contributed by atoms with van der Waals surface area (Å²) < 4.78 is 3.01. The molecule has 2 saturated carbocycles. The van der Waals surface area contributed by atoms with Crippen molar-refractivity contribution in [2.75, 3.05) is 5.32 Å². The summed E-state index contributed by atoms with van der Waals surface area (Å²) in [6, 6.07) is 8.14. The molecule has 0 spiro atoms. The number of nitrogens with zero attached hydrogens (tertiary/aromatic N) is 2. The molecule has 3 N–H and O–H groups in total. The van der Waals surface area contributed by atoms with Crippen molar-refractivity contribution in [3.8, 4) is 0 Å². The SMILES string of the molecule is NC1C2CCC(C2)C1C(=O)Nc1nccn1Cc1ccc(Br)cc1. The molecule has 5 nitrogen and oxygen atoms in total. The van der Waals surface area contributed by atoms with Gasteiger partial charge in [0.25, 0.3) is 0 Å². The summed E-state index contributed by atoms with van der Waals surface area (Å²) in [6.45, 7) is 0.672. The predicted octanol–water partition coefficient (Wildman–Crippen LogP) is 3.01. The first kappa shape index (κ1) is 15.8. The number of rotatable bonds is 4. The molecule has 1 amide bonds. The fourth-order valence-corrected chi connectivity index (χ4v) is 4.53. The van der Waals surface area contributed by atoms with Gasteiger partial charge in [-0.25, -0.2) is 4.98 Å². The van der Waals surface area contributed by atoms with Gasteiger partial charge in [-0.05, 0) is 48.8 Å². The summed E-state index contributed by atoms with van der Waals surface area (Å²) in [5.41, 5.74) is 7.43. The van der Waals surface area contributed by atoms with Crippen LogP contribution in [0.1, 0.15) is 24.8 Å². The number of amides is 1. The van der Waals surface area contributed by atoms with Gasteiger partial charge in [-0.15, -0.1) is 0 Å². The van der Waals surface area contributed by atoms with Crippen LogP contribution < -0.4 is 11.1 Å². The number of hydrogen-bond donors (Lipinski definition) is 2. The van der Waals surface area contributed by atoms with Crippen molar-refractivity contribution in [3.05, 3.63) is 46.7 Å². The second kappa shape index (κ2) is 6.33. The van der Waals surface area contributed by atoms with Gasteiger partial charge < -0.3 is 10.3 Å². The van der Waals surface area contributed by atoms with Gasteiger partial charge in [-0.3, -0.25) is 10.1 Å². The number of nitrogens with one attached hydrogen (secondary N) is 1. The highest BCUT2D eigenvalue weighted by atomic mass is 79.9. The van der Waals surface area contributed by atoms with Crippen molar-refractivity contribution in [3.63, 3.8) is 0 Å². The Morgan fingerprint density at radius 1 is 1.29 bits per heavy atom. The Morgan fingerprint density at radius 3 is 2.75 bits per heavy atom. The topological polar surface area (TPSA) is 72.9 Å². The standard InChI is InChI=1S/C18H21BrN4O/c19-14-5-1-11(2-6-14)10-23-8-7-21-18(23)22-17(24)15-12-3-4-13(9-12)16(15)20/h1-2,5-8,12-13,15-16H,3-4,9-10,20H2,(H,21,22,24). The van der Waals surface area contributed by atoms with E-state index in [9.17, 15) is 4.79 Å². The predicted molar refractivity (Wildman–Crippen MR) is 96.4 cm³/mol. The molecule has 1 aromatic carbocycles. The van der Waals surface area contributed by atoms with Crippen molar-refractivity contribution >= 4 is 27.8 Å². The number of hydrogen-bond acceptors (Lipinski definition) is 3. The van der Waals surface area contributed by atoms with Crippen LogP contribution in [0.2, 0.25) is 0 Å². The van der Waals surface area contributed by atoms with Crippen LogP contribution in [0.5, 0.6) is 0 Å². The largest absolute Gasteiger partial charge is 0.327 e. The fourth-order valence-electron chi connectivity index (χ4n) is 4.27. The number of benzene rings is 1. The Bertz CT molecular complexity index is 740. The van der Waals surface area contributed by atoms with Crippen molar-refractivity contribution in [2.24, 2.45) is 23.5 Å². The number of halogens is 1. The van der Waals surface area contributed by atoms with E-state index in [2.05, 4.69) is 38.4 Å². The molecular weight excluding hydrogens is 368 g/mol. The van der Waals surface area contributed by atoms with Gasteiger partial charge in [0.1, 0.15) is 0 Å². The lowest BCUT2D eigenvalue weighted by molar-refractivity contribution is -0.121. The minimum Gasteiger partial charge on any atom is -0.327 e. The quantitative estimate of drug-likeness (QED) is 0.845. The number of fused-ring (bicyclic) bond motifs is 2. The minimum atomic E-state index is -0.0680. The Morgan fingerprint density at radius 2 is 2.04 bits per heavy atom. The lowest BCUT2D eigenvalue weighted by atomic mass is 9.84. The molecule has 0 radical (unpaired) electrons. The van der Waals surface area contributed by atoms with Gasteiger partial charge in [0.15, 0.2) is 0 Å². The van der Waals surface area contributed by atoms with E-state index in [1.54, 1.807) is 6.20 Å². The average molecular weight is 389 g/mol. The highest BCUT2D eigenvalue weighted by Crippen LogP contribution is 2.47. The molecule has 0 saturated heterocycles. The van der Waals surface area contributed by atoms with E-state index in [0.717, 1.165) is 22.9 Å². The van der Waals surface area contributed by atoms with E-state index in [1.807, 2.05) is 22.9 Å². The zero-order valence-corrected chi connectivity index (χ0v) is 14.9. The second-order valence-electron chi connectivity index (χ2n) is 6.93. The maximum atomic E-state index is 12.7. The molecule has 6 heteroatoms. The number of carbonyl (C=O) groups excluding carboxylic acids is 1. The molecule has 2 fully saturated rings. The van der Waals surface area contributed by atoms with Gasteiger partial charge in [0.2, 0.25) is 11.9 Å². The maximum Gasteiger partial charge on any atom is 0.231 e. The second-order valence-corrected chi connectivity index (χ2v) is 7.85. The van der Waals surface area contributed by atoms with Crippen LogP contribution in [-0.2, 0) is 11.3 Å². The van der Waals surface area contributed by atoms with Crippen LogP contribution in [0.15, 0.2) is 41.1 Å². The van der Waals surface area contributed by atoms with Crippen LogP contribution >= 0.6 is 15.9 Å². The first-order valence-corrected chi connectivity index (χ1v) is 9.23. The first-order valence-electron chi connectivity index (χ1n) is 8.44. The van der Waals surface area contributed by atoms with Gasteiger partial charge in [-0.2, -0.15) is 0 Å². The molecule has 126 valence electrons. The summed E-state index contributed by atoms with van der Waals surface area (Å²) >= 11 is 3.44. The molecule has 2 aromatic rings. The van der Waals surface area contributed by atoms with Crippen molar-refractivity contribution in [1.82, 2.24) is 9.55 Å². The van der Waals surface area contributed by atoms with E-state index in [1.165, 1.54) is 6.42 Å². The monoisotopic (exact) mass is 388 g/mol. The lowest BCUT2D eigenvalue weighted by Gasteiger charge is -2.26. The smallest absolute Gasteiger partial charge is 0.231 e. The highest BCUT2D eigenvalue weighted by Gasteiger charge is 2.49. The van der Waals surface area contributed by atoms with Crippen LogP contribution in [0, 0.1) is 17.8 Å². The van der Waals surface area contributed by atoms with E-state index in [4.69, 9.17) is 5.73 Å². The van der Waals surface area contributed by atoms with Crippen molar-refractivity contribution < 1.29 is 4.79 Å². The number of aromatic nitrogens is 2. The third-order valence-corrected chi connectivity index (χ3v) is 6.03. The van der Waals surface area contributed by atoms with Gasteiger partial charge >= 0.3 is 0 Å². The molecule has 24 heavy (non-hydrogen) atoms. The van der Waals surface area contributed by atoms with Gasteiger partial charge in [-0.1, -0.05) is 28.1 Å². The third kappa shape index (κ3) is 2.89. The fraction of sp³-hybridized carbons (Fsp3) is 0.444. The Hall–Kier alpha value is -1.66. The Balaban J connectivity index is 1.47. The molecule has 1 aromatic heterocycles. The molecule has 1 heterocycles. The maximum absolute atomic E-state index is 12.7. The van der Waals surface area contributed by atoms with Crippen LogP contribution in [0.3, 0.4) is 0 Å². The summed E-state index contributed by atoms with van der Waals surface area (Å²) in [6.07, 6.45) is 7.01. The molecule has 2 bridgehead atoms. The molecule has 2 aliphatic rings. The third-order valence-electron chi connectivity index (χ3n) is 5.50. The van der Waals surface area contributed by atoms with Crippen molar-refractivity contribution in [1.29, 1.82) is 0 Å². The number of anilines is 1. The molecular formula is C18H21BrN4O. The number of imidazole rings is 1. The van der Waals surface area contributed by atoms with E-state index >= 15 is 0 Å². The Labute approximate surface area is 149 Å². The van der Waals surface area contributed by atoms with Crippen LogP contribution in [0.4, 0.5) is 5.95 Å². The summed E-state index contributed by atoms with van der Waals surface area (Å²) in [7, 11) is 0. The number of carbonyl (C=O) groups is 1. The molecule has 0 aliphatic heterocycles. The normalized spacial score (nSPS) is 28.2. The molecule has 2 aliphatic carbocycles. The van der Waals surface area contributed by atoms with Crippen molar-refractivity contribution in [2.45, 2.75) is 31.8 Å². The zero-order valence-electron chi connectivity index (χ0n) is 13.4. The Kier molecular flexibility index (Phi) is 4.18. The molecule has 4 unspecified atom stereocenters. The minimum absolute atomic E-state index is 0.00126. The van der Waals surface area contributed by atoms with Gasteiger partial charge in [0, 0.05) is 22.9 Å². The number of nitrogens with two attached hydrogens (primary N) is 1. The first-order chi connectivity index (χ1) is 11.6. The van der Waals surface area contributed by atoms with E-state index in [0.29, 0.717) is 24.3 Å². The van der Waals surface area contributed by atoms with Gasteiger partial charge in [0.05, 0.1) is 12.5 Å². The summed E-state index contributed by atoms with van der Waals surface area (Å²) in [5, 5.41) is 3.00. The molecule has 4 rings (SSSR count). The van der Waals surface area contributed by atoms with E-state index < -0.39 is 0 Å². The van der Waals surface area contributed by atoms with E-state index in [-0.39, 0.29) is 17.9 Å². The summed E-state index contributed by atoms with van der Waals surface area (Å²) in [5.74, 6) is 1.52. The van der Waals surface area contributed by atoms with Crippen LogP contribution in [0.25, 0.3) is 0 Å². The molecule has 4 atom stereocenters. The van der Waals surface area contributed by atoms with Crippen LogP contribution in [-0.4, -0.2) is 21.5 Å². The lowest BCUT2D eigenvalue weighted by Crippen LogP contribution is -2.43. The summed E-state index contributed by atoms with van der Waals surface area (Å²) in [4.78, 5) is 17.0.